The summed E-state index contributed by atoms with van der Waals surface area (Å²) in [4.78, 5) is 22.4. The lowest BCUT2D eigenvalue weighted by Crippen LogP contribution is -2.11. The third-order valence-electron chi connectivity index (χ3n) is 4.12. The Morgan fingerprint density at radius 2 is 1.81 bits per heavy atom. The van der Waals surface area contributed by atoms with Crippen molar-refractivity contribution in [2.24, 2.45) is 0 Å². The van der Waals surface area contributed by atoms with Crippen LogP contribution in [0, 0.1) is 0 Å². The molecular weight excluding hydrogens is 360 g/mol. The fraction of sp³-hybridized carbons (Fsp3) is 0.0500. The SMILES string of the molecule is COc1ccc(-c2ccc3c(N)c(C(=O)Nc4ccncc4)sc3n2)cc1. The lowest BCUT2D eigenvalue weighted by atomic mass is 10.1. The summed E-state index contributed by atoms with van der Waals surface area (Å²) in [6.45, 7) is 0. The van der Waals surface area contributed by atoms with Crippen LogP contribution >= 0.6 is 11.3 Å². The van der Waals surface area contributed by atoms with E-state index in [0.29, 0.717) is 16.3 Å². The maximum absolute atomic E-state index is 12.6. The second-order valence-electron chi connectivity index (χ2n) is 5.81. The molecule has 0 aliphatic heterocycles. The quantitative estimate of drug-likeness (QED) is 0.557. The van der Waals surface area contributed by atoms with Gasteiger partial charge in [0.25, 0.3) is 5.91 Å². The van der Waals surface area contributed by atoms with E-state index in [-0.39, 0.29) is 5.91 Å². The molecular formula is C20H16N4O2S. The fourth-order valence-electron chi connectivity index (χ4n) is 2.71. The van der Waals surface area contributed by atoms with Gasteiger partial charge in [0.1, 0.15) is 15.5 Å². The average molecular weight is 376 g/mol. The molecule has 7 heteroatoms. The molecule has 0 radical (unpaired) electrons. The molecule has 0 aliphatic carbocycles. The summed E-state index contributed by atoms with van der Waals surface area (Å²) in [7, 11) is 1.63. The summed E-state index contributed by atoms with van der Waals surface area (Å²) in [5, 5.41) is 3.60. The number of nitrogens with one attached hydrogen (secondary N) is 1. The van der Waals surface area contributed by atoms with E-state index in [1.54, 1.807) is 31.6 Å². The highest BCUT2D eigenvalue weighted by Gasteiger charge is 2.18. The number of carbonyl (C=O) groups is 1. The van der Waals surface area contributed by atoms with Gasteiger partial charge in [0.15, 0.2) is 0 Å². The monoisotopic (exact) mass is 376 g/mol. The zero-order chi connectivity index (χ0) is 18.8. The molecule has 0 saturated carbocycles. The maximum atomic E-state index is 12.6. The van der Waals surface area contributed by atoms with Crippen molar-refractivity contribution in [3.05, 3.63) is 65.8 Å². The number of carbonyl (C=O) groups excluding carboxylic acids is 1. The van der Waals surface area contributed by atoms with Gasteiger partial charge in [-0.1, -0.05) is 0 Å². The molecule has 3 N–H and O–H groups in total. The summed E-state index contributed by atoms with van der Waals surface area (Å²) >= 11 is 1.28. The number of pyridine rings is 2. The number of fused-ring (bicyclic) bond motifs is 1. The minimum atomic E-state index is -0.257. The molecule has 0 bridgehead atoms. The number of ether oxygens (including phenoxy) is 1. The van der Waals surface area contributed by atoms with Gasteiger partial charge in [-0.05, 0) is 48.5 Å². The second-order valence-corrected chi connectivity index (χ2v) is 6.81. The van der Waals surface area contributed by atoms with Gasteiger partial charge in [-0.15, -0.1) is 11.3 Å². The number of nitrogen functional groups attached to an aromatic ring is 1. The van der Waals surface area contributed by atoms with E-state index in [1.165, 1.54) is 11.3 Å². The molecule has 4 rings (SSSR count). The predicted octanol–water partition coefficient (Wildman–Crippen LogP) is 4.20. The second kappa shape index (κ2) is 7.05. The van der Waals surface area contributed by atoms with Crippen molar-refractivity contribution in [3.63, 3.8) is 0 Å². The van der Waals surface area contributed by atoms with Gasteiger partial charge in [0, 0.05) is 29.0 Å². The largest absolute Gasteiger partial charge is 0.497 e. The van der Waals surface area contributed by atoms with Gasteiger partial charge >= 0.3 is 0 Å². The van der Waals surface area contributed by atoms with Crippen LogP contribution in [0.5, 0.6) is 5.75 Å². The summed E-state index contributed by atoms with van der Waals surface area (Å²) in [5.41, 5.74) is 9.08. The van der Waals surface area contributed by atoms with Crippen LogP contribution in [-0.2, 0) is 0 Å². The Balaban J connectivity index is 1.67. The summed E-state index contributed by atoms with van der Waals surface area (Å²) in [6.07, 6.45) is 3.24. The van der Waals surface area contributed by atoms with Crippen LogP contribution in [0.2, 0.25) is 0 Å². The molecule has 1 aromatic carbocycles. The molecule has 4 aromatic rings. The molecule has 0 saturated heterocycles. The number of amides is 1. The van der Waals surface area contributed by atoms with Crippen LogP contribution in [0.1, 0.15) is 9.67 Å². The van der Waals surface area contributed by atoms with Crippen LogP contribution in [0.25, 0.3) is 21.5 Å². The number of hydrogen-bond acceptors (Lipinski definition) is 6. The normalized spacial score (nSPS) is 10.7. The van der Waals surface area contributed by atoms with Crippen molar-refractivity contribution in [1.82, 2.24) is 9.97 Å². The van der Waals surface area contributed by atoms with Crippen molar-refractivity contribution < 1.29 is 9.53 Å². The summed E-state index contributed by atoms with van der Waals surface area (Å²) in [6, 6.07) is 14.9. The first-order chi connectivity index (χ1) is 13.2. The number of rotatable bonds is 4. The van der Waals surface area contributed by atoms with E-state index < -0.39 is 0 Å². The Kier molecular flexibility index (Phi) is 4.43. The summed E-state index contributed by atoms with van der Waals surface area (Å²) in [5.74, 6) is 0.531. The molecule has 0 aliphatic rings. The van der Waals surface area contributed by atoms with Crippen LogP contribution in [0.15, 0.2) is 60.9 Å². The fourth-order valence-corrected chi connectivity index (χ4v) is 3.70. The Morgan fingerprint density at radius 3 is 2.52 bits per heavy atom. The minimum absolute atomic E-state index is 0.257. The molecule has 3 heterocycles. The van der Waals surface area contributed by atoms with E-state index in [0.717, 1.165) is 27.2 Å². The lowest BCUT2D eigenvalue weighted by molar-refractivity contribution is 0.103. The molecule has 0 unspecified atom stereocenters. The van der Waals surface area contributed by atoms with E-state index in [1.807, 2.05) is 36.4 Å². The van der Waals surface area contributed by atoms with Gasteiger partial charge in [-0.2, -0.15) is 0 Å². The molecule has 134 valence electrons. The van der Waals surface area contributed by atoms with E-state index >= 15 is 0 Å². The zero-order valence-electron chi connectivity index (χ0n) is 14.5. The molecule has 3 aromatic heterocycles. The first-order valence-electron chi connectivity index (χ1n) is 8.20. The molecule has 0 spiro atoms. The topological polar surface area (TPSA) is 90.1 Å². The minimum Gasteiger partial charge on any atom is -0.497 e. The van der Waals surface area contributed by atoms with Gasteiger partial charge in [0.05, 0.1) is 18.5 Å². The number of nitrogens with zero attached hydrogens (tertiary/aromatic N) is 2. The van der Waals surface area contributed by atoms with Crippen molar-refractivity contribution in [2.75, 3.05) is 18.2 Å². The Hall–Kier alpha value is -3.45. The number of benzene rings is 1. The highest BCUT2D eigenvalue weighted by atomic mass is 32.1. The maximum Gasteiger partial charge on any atom is 0.267 e. The van der Waals surface area contributed by atoms with Gasteiger partial charge in [0.2, 0.25) is 0 Å². The van der Waals surface area contributed by atoms with Crippen molar-refractivity contribution in [2.45, 2.75) is 0 Å². The summed E-state index contributed by atoms with van der Waals surface area (Å²) < 4.78 is 5.19. The van der Waals surface area contributed by atoms with Crippen LogP contribution in [0.3, 0.4) is 0 Å². The molecule has 1 amide bonds. The Morgan fingerprint density at radius 1 is 1.07 bits per heavy atom. The number of anilines is 2. The van der Waals surface area contributed by atoms with Crippen LogP contribution < -0.4 is 15.8 Å². The standard InChI is InChI=1S/C20H16N4O2S/c1-26-14-4-2-12(3-5-14)16-7-6-15-17(21)18(27-20(15)24-16)19(25)23-13-8-10-22-11-9-13/h2-11H,21H2,1H3,(H,22,23,25). The van der Waals surface area contributed by atoms with Crippen LogP contribution in [-0.4, -0.2) is 23.0 Å². The van der Waals surface area contributed by atoms with Gasteiger partial charge < -0.3 is 15.8 Å². The lowest BCUT2D eigenvalue weighted by Gasteiger charge is -2.03. The van der Waals surface area contributed by atoms with Gasteiger partial charge in [-0.3, -0.25) is 9.78 Å². The van der Waals surface area contributed by atoms with Crippen LogP contribution in [0.4, 0.5) is 11.4 Å². The molecule has 0 fully saturated rings. The van der Waals surface area contributed by atoms with E-state index in [9.17, 15) is 4.79 Å². The highest BCUT2D eigenvalue weighted by molar-refractivity contribution is 7.21. The smallest absolute Gasteiger partial charge is 0.267 e. The average Bonchev–Trinajstić information content (AvgIpc) is 3.05. The first-order valence-corrected chi connectivity index (χ1v) is 9.02. The first kappa shape index (κ1) is 17.0. The number of thiophene rings is 1. The van der Waals surface area contributed by atoms with Gasteiger partial charge in [-0.25, -0.2) is 4.98 Å². The molecule has 6 nitrogen and oxygen atoms in total. The number of hydrogen-bond donors (Lipinski definition) is 2. The number of nitrogens with two attached hydrogens (primary N) is 1. The number of aromatic nitrogens is 2. The van der Waals surface area contributed by atoms with E-state index in [2.05, 4.69) is 15.3 Å². The Bertz CT molecular complexity index is 1110. The third-order valence-corrected chi connectivity index (χ3v) is 5.24. The molecule has 0 atom stereocenters. The van der Waals surface area contributed by atoms with Crippen molar-refractivity contribution in [1.29, 1.82) is 0 Å². The Labute approximate surface area is 159 Å². The van der Waals surface area contributed by atoms with Crippen molar-refractivity contribution >= 4 is 38.8 Å². The highest BCUT2D eigenvalue weighted by Crippen LogP contribution is 2.34. The zero-order valence-corrected chi connectivity index (χ0v) is 15.3. The van der Waals surface area contributed by atoms with Crippen molar-refractivity contribution in [3.8, 4) is 17.0 Å². The predicted molar refractivity (Wildman–Crippen MR) is 108 cm³/mol. The third kappa shape index (κ3) is 3.32. The molecule has 27 heavy (non-hydrogen) atoms. The van der Waals surface area contributed by atoms with E-state index in [4.69, 9.17) is 10.5 Å². The number of methoxy groups -OCH3 is 1.